The highest BCUT2D eigenvalue weighted by molar-refractivity contribution is 5.42. The smallest absolute Gasteiger partial charge is 0.00942 e. The van der Waals surface area contributed by atoms with E-state index in [4.69, 9.17) is 0 Å². The lowest BCUT2D eigenvalue weighted by Crippen LogP contribution is -2.29. The van der Waals surface area contributed by atoms with Gasteiger partial charge in [0.05, 0.1) is 0 Å². The summed E-state index contributed by atoms with van der Waals surface area (Å²) in [5, 5.41) is 0. The van der Waals surface area contributed by atoms with Crippen LogP contribution in [0.1, 0.15) is 54.4 Å². The Morgan fingerprint density at radius 1 is 1.06 bits per heavy atom. The van der Waals surface area contributed by atoms with E-state index in [1.54, 1.807) is 0 Å². The molecule has 0 heterocycles. The normalized spacial score (nSPS) is 21.8. The van der Waals surface area contributed by atoms with Gasteiger partial charge in [-0.1, -0.05) is 40.3 Å². The van der Waals surface area contributed by atoms with Gasteiger partial charge in [-0.05, 0) is 60.3 Å². The molecule has 0 aromatic rings. The van der Waals surface area contributed by atoms with Gasteiger partial charge < -0.3 is 0 Å². The van der Waals surface area contributed by atoms with Gasteiger partial charge in [0.25, 0.3) is 0 Å². The van der Waals surface area contributed by atoms with Crippen molar-refractivity contribution in [2.45, 2.75) is 54.4 Å². The SMILES string of the molecule is C=CC1=C(C=C=C(C)C)C(C)(C)CCC1(C)C. The van der Waals surface area contributed by atoms with Crippen molar-refractivity contribution in [3.05, 3.63) is 41.2 Å². The van der Waals surface area contributed by atoms with Gasteiger partial charge >= 0.3 is 0 Å². The molecule has 0 bridgehead atoms. The van der Waals surface area contributed by atoms with Crippen LogP contribution in [0.4, 0.5) is 0 Å². The minimum Gasteiger partial charge on any atom is -0.122 e. The lowest BCUT2D eigenvalue weighted by atomic mass is 9.63. The minimum absolute atomic E-state index is 0.238. The molecular weight excluding hydrogens is 204 g/mol. The van der Waals surface area contributed by atoms with Crippen LogP contribution in [0.3, 0.4) is 0 Å². The molecule has 0 saturated carbocycles. The Bertz CT molecular complexity index is 403. The van der Waals surface area contributed by atoms with Crippen molar-refractivity contribution >= 4 is 0 Å². The molecule has 1 aliphatic rings. The lowest BCUT2D eigenvalue weighted by Gasteiger charge is -2.41. The first-order valence-electron chi connectivity index (χ1n) is 6.48. The summed E-state index contributed by atoms with van der Waals surface area (Å²) in [5.41, 5.74) is 7.86. The first-order valence-corrected chi connectivity index (χ1v) is 6.48. The van der Waals surface area contributed by atoms with Gasteiger partial charge in [0, 0.05) is 0 Å². The number of hydrogen-bond donors (Lipinski definition) is 0. The highest BCUT2D eigenvalue weighted by Crippen LogP contribution is 2.49. The Labute approximate surface area is 107 Å². The molecule has 1 aliphatic carbocycles. The standard InChI is InChI=1S/C17H26/c1-8-14-15(10-9-13(2)3)17(6,7)12-11-16(14,4)5/h8,10H,1,11-12H2,2-7H3. The van der Waals surface area contributed by atoms with E-state index in [1.165, 1.54) is 29.6 Å². The summed E-state index contributed by atoms with van der Waals surface area (Å²) in [4.78, 5) is 0. The lowest BCUT2D eigenvalue weighted by molar-refractivity contribution is 0.273. The van der Waals surface area contributed by atoms with E-state index in [0.29, 0.717) is 0 Å². The highest BCUT2D eigenvalue weighted by atomic mass is 14.4. The van der Waals surface area contributed by atoms with Crippen molar-refractivity contribution in [2.24, 2.45) is 10.8 Å². The van der Waals surface area contributed by atoms with Crippen molar-refractivity contribution in [3.8, 4) is 0 Å². The van der Waals surface area contributed by atoms with Crippen molar-refractivity contribution in [1.82, 2.24) is 0 Å². The molecule has 0 nitrogen and oxygen atoms in total. The maximum atomic E-state index is 4.01. The van der Waals surface area contributed by atoms with Crippen LogP contribution in [0.25, 0.3) is 0 Å². The van der Waals surface area contributed by atoms with Gasteiger partial charge in [-0.15, -0.1) is 5.73 Å². The molecule has 0 spiro atoms. The number of allylic oxidation sites excluding steroid dienone is 4. The van der Waals surface area contributed by atoms with Gasteiger partial charge in [-0.2, -0.15) is 0 Å². The molecule has 0 aromatic carbocycles. The summed E-state index contributed by atoms with van der Waals surface area (Å²) in [6.07, 6.45) is 6.67. The Morgan fingerprint density at radius 2 is 1.53 bits per heavy atom. The van der Waals surface area contributed by atoms with E-state index >= 15 is 0 Å². The third-order valence-corrected chi connectivity index (χ3v) is 3.83. The zero-order valence-electron chi connectivity index (χ0n) is 12.3. The molecule has 0 fully saturated rings. The van der Waals surface area contributed by atoms with E-state index in [1.807, 2.05) is 6.08 Å². The minimum atomic E-state index is 0.238. The molecule has 0 heteroatoms. The maximum Gasteiger partial charge on any atom is -0.00942 e. The fraction of sp³-hybridized carbons (Fsp3) is 0.588. The van der Waals surface area contributed by atoms with Gasteiger partial charge in [-0.25, -0.2) is 0 Å². The van der Waals surface area contributed by atoms with E-state index in [9.17, 15) is 0 Å². The van der Waals surface area contributed by atoms with Crippen molar-refractivity contribution in [3.63, 3.8) is 0 Å². The Hall–Kier alpha value is -1.00. The molecular formula is C17H26. The topological polar surface area (TPSA) is 0 Å². The maximum absolute atomic E-state index is 4.01. The van der Waals surface area contributed by atoms with Gasteiger partial charge in [0.15, 0.2) is 0 Å². The predicted octanol–water partition coefficient (Wildman–Crippen LogP) is 5.44. The monoisotopic (exact) mass is 230 g/mol. The molecule has 0 amide bonds. The second-order valence-corrected chi connectivity index (χ2v) is 6.59. The Kier molecular flexibility index (Phi) is 3.89. The largest absolute Gasteiger partial charge is 0.122 e. The fourth-order valence-corrected chi connectivity index (χ4v) is 2.50. The number of hydrogen-bond acceptors (Lipinski definition) is 0. The zero-order valence-corrected chi connectivity index (χ0v) is 12.3. The first-order chi connectivity index (χ1) is 7.70. The molecule has 94 valence electrons. The average molecular weight is 230 g/mol. The van der Waals surface area contributed by atoms with Gasteiger partial charge in [0.1, 0.15) is 0 Å². The summed E-state index contributed by atoms with van der Waals surface area (Å²) < 4.78 is 0. The zero-order chi connectivity index (χ0) is 13.3. The van der Waals surface area contributed by atoms with Gasteiger partial charge in [0.2, 0.25) is 0 Å². The molecule has 0 saturated heterocycles. The molecule has 0 atom stereocenters. The van der Waals surface area contributed by atoms with E-state index < -0.39 is 0 Å². The molecule has 0 aliphatic heterocycles. The van der Waals surface area contributed by atoms with Crippen LogP contribution in [0.5, 0.6) is 0 Å². The van der Waals surface area contributed by atoms with Crippen LogP contribution in [-0.2, 0) is 0 Å². The molecule has 0 radical (unpaired) electrons. The summed E-state index contributed by atoms with van der Waals surface area (Å²) in [5.74, 6) is 0. The van der Waals surface area contributed by atoms with Crippen LogP contribution in [0.15, 0.2) is 41.2 Å². The van der Waals surface area contributed by atoms with E-state index in [0.717, 1.165) is 0 Å². The molecule has 17 heavy (non-hydrogen) atoms. The third kappa shape index (κ3) is 3.01. The first kappa shape index (κ1) is 14.1. The van der Waals surface area contributed by atoms with Crippen LogP contribution in [0, 0.1) is 10.8 Å². The Balaban J connectivity index is 3.45. The summed E-state index contributed by atoms with van der Waals surface area (Å²) in [6, 6.07) is 0. The molecule has 0 N–H and O–H groups in total. The molecule has 0 unspecified atom stereocenters. The van der Waals surface area contributed by atoms with Gasteiger partial charge in [-0.3, -0.25) is 0 Å². The van der Waals surface area contributed by atoms with E-state index in [2.05, 4.69) is 59.9 Å². The van der Waals surface area contributed by atoms with Crippen LogP contribution < -0.4 is 0 Å². The predicted molar refractivity (Wildman–Crippen MR) is 77.0 cm³/mol. The highest BCUT2D eigenvalue weighted by Gasteiger charge is 2.36. The second kappa shape index (κ2) is 4.70. The van der Waals surface area contributed by atoms with Crippen LogP contribution >= 0.6 is 0 Å². The van der Waals surface area contributed by atoms with Crippen LogP contribution in [0.2, 0.25) is 0 Å². The van der Waals surface area contributed by atoms with Crippen LogP contribution in [-0.4, -0.2) is 0 Å². The average Bonchev–Trinajstić information content (AvgIpc) is 2.19. The summed E-state index contributed by atoms with van der Waals surface area (Å²) in [6.45, 7) is 17.5. The number of rotatable bonds is 2. The quantitative estimate of drug-likeness (QED) is 0.554. The van der Waals surface area contributed by atoms with E-state index in [-0.39, 0.29) is 10.8 Å². The summed E-state index contributed by atoms with van der Waals surface area (Å²) in [7, 11) is 0. The second-order valence-electron chi connectivity index (χ2n) is 6.59. The van der Waals surface area contributed by atoms with Crippen molar-refractivity contribution in [2.75, 3.05) is 0 Å². The van der Waals surface area contributed by atoms with Crippen molar-refractivity contribution < 1.29 is 0 Å². The third-order valence-electron chi connectivity index (χ3n) is 3.83. The fourth-order valence-electron chi connectivity index (χ4n) is 2.50. The Morgan fingerprint density at radius 3 is 1.94 bits per heavy atom. The molecule has 0 aromatic heterocycles. The molecule has 1 rings (SSSR count). The van der Waals surface area contributed by atoms with Crippen molar-refractivity contribution in [1.29, 1.82) is 0 Å². The summed E-state index contributed by atoms with van der Waals surface area (Å²) >= 11 is 0.